The van der Waals surface area contributed by atoms with Crippen LogP contribution in [0.1, 0.15) is 55.5 Å². The average molecular weight is 516 g/mol. The molecule has 1 amide bonds. The number of carbonyl (C=O) groups excluding carboxylic acids is 1. The van der Waals surface area contributed by atoms with E-state index in [-0.39, 0.29) is 5.91 Å². The summed E-state index contributed by atoms with van der Waals surface area (Å²) >= 11 is 0. The van der Waals surface area contributed by atoms with Gasteiger partial charge in [-0.25, -0.2) is 0 Å². The first-order chi connectivity index (χ1) is 18.3. The van der Waals surface area contributed by atoms with E-state index in [0.29, 0.717) is 18.0 Å². The van der Waals surface area contributed by atoms with Gasteiger partial charge < -0.3 is 25.3 Å². The van der Waals surface area contributed by atoms with Crippen molar-refractivity contribution in [3.63, 3.8) is 0 Å². The Labute approximate surface area is 229 Å². The van der Waals surface area contributed by atoms with E-state index in [1.54, 1.807) is 0 Å². The average Bonchev–Trinajstić information content (AvgIpc) is 3.31. The van der Waals surface area contributed by atoms with Crippen molar-refractivity contribution in [2.45, 2.75) is 46.5 Å². The van der Waals surface area contributed by atoms with E-state index in [0.717, 1.165) is 75.6 Å². The molecule has 6 nitrogen and oxygen atoms in total. The largest absolute Gasteiger partial charge is 0.375 e. The highest BCUT2D eigenvalue weighted by Gasteiger charge is 2.22. The third-order valence-corrected chi connectivity index (χ3v) is 7.53. The number of carbonyl (C=O) groups is 1. The van der Waals surface area contributed by atoms with E-state index in [4.69, 9.17) is 0 Å². The highest BCUT2D eigenvalue weighted by Crippen LogP contribution is 2.31. The summed E-state index contributed by atoms with van der Waals surface area (Å²) in [6.45, 7) is 21.4. The lowest BCUT2D eigenvalue weighted by molar-refractivity contribution is 0.0952. The van der Waals surface area contributed by atoms with Crippen LogP contribution in [0.3, 0.4) is 0 Å². The maximum atomic E-state index is 13.0. The van der Waals surface area contributed by atoms with Crippen molar-refractivity contribution in [3.05, 3.63) is 78.1 Å². The molecule has 2 N–H and O–H groups in total. The summed E-state index contributed by atoms with van der Waals surface area (Å²) in [5.74, 6) is 0.480. The molecule has 0 aromatic heterocycles. The van der Waals surface area contributed by atoms with E-state index in [2.05, 4.69) is 89.6 Å². The Morgan fingerprint density at radius 3 is 2.37 bits per heavy atom. The van der Waals surface area contributed by atoms with E-state index >= 15 is 0 Å². The van der Waals surface area contributed by atoms with Crippen molar-refractivity contribution in [3.8, 4) is 0 Å². The minimum absolute atomic E-state index is 0.0290. The molecule has 0 spiro atoms. The molecule has 0 atom stereocenters. The molecule has 0 saturated carbocycles. The topological polar surface area (TPSA) is 50.9 Å². The number of piperazine rings is 1. The maximum absolute atomic E-state index is 13.0. The van der Waals surface area contributed by atoms with Crippen LogP contribution in [-0.2, 0) is 0 Å². The molecule has 2 fully saturated rings. The molecule has 2 aliphatic heterocycles. The van der Waals surface area contributed by atoms with Crippen LogP contribution in [0, 0.1) is 12.8 Å². The maximum Gasteiger partial charge on any atom is 0.251 e. The van der Waals surface area contributed by atoms with Gasteiger partial charge in [0.25, 0.3) is 5.91 Å². The number of nitrogens with zero attached hydrogens (tertiary/aromatic N) is 3. The zero-order valence-corrected chi connectivity index (χ0v) is 23.6. The first-order valence-corrected chi connectivity index (χ1v) is 14.2. The lowest BCUT2D eigenvalue weighted by atomic mass is 10.1. The van der Waals surface area contributed by atoms with Crippen molar-refractivity contribution >= 4 is 23.0 Å². The van der Waals surface area contributed by atoms with Crippen molar-refractivity contribution in [2.75, 3.05) is 60.9 Å². The third-order valence-electron chi connectivity index (χ3n) is 7.53. The molecular weight excluding hydrogens is 470 g/mol. The Balaban J connectivity index is 1.42. The van der Waals surface area contributed by atoms with Crippen LogP contribution in [0.2, 0.25) is 0 Å². The zero-order chi connectivity index (χ0) is 27.1. The number of likely N-dealkylation sites (tertiary alicyclic amines) is 1. The minimum atomic E-state index is -0.0290. The molecule has 0 radical (unpaired) electrons. The number of allylic oxidation sites excluding steroid dienone is 2. The van der Waals surface area contributed by atoms with Crippen LogP contribution in [-0.4, -0.2) is 56.6 Å². The summed E-state index contributed by atoms with van der Waals surface area (Å²) in [6.07, 6.45) is 4.09. The standard InChI is InChI=1S/C32H45N5O/c1-24(2)22-26(4)34-29-23-28(32(38)33-15-9-17-35-16-8-11-27(35)5)13-14-31(29)37-20-18-36(19-21-37)30-12-7-6-10-25(30)3/h6-7,10,12-14,23-24,34H,4-5,8-9,11,15-22H2,1-3H3,(H,33,38). The molecule has 2 aromatic rings. The Bertz CT molecular complexity index is 1130. The molecule has 2 heterocycles. The van der Waals surface area contributed by atoms with Crippen LogP contribution in [0.15, 0.2) is 67.0 Å². The molecule has 204 valence electrons. The second-order valence-corrected chi connectivity index (χ2v) is 11.1. The van der Waals surface area contributed by atoms with Gasteiger partial charge in [0, 0.05) is 68.5 Å². The Morgan fingerprint density at radius 1 is 1.00 bits per heavy atom. The Kier molecular flexibility index (Phi) is 9.38. The summed E-state index contributed by atoms with van der Waals surface area (Å²) in [5.41, 5.74) is 7.60. The summed E-state index contributed by atoms with van der Waals surface area (Å²) in [6, 6.07) is 14.6. The summed E-state index contributed by atoms with van der Waals surface area (Å²) in [5, 5.41) is 6.66. The van der Waals surface area contributed by atoms with Crippen LogP contribution >= 0.6 is 0 Å². The molecule has 2 aromatic carbocycles. The molecular formula is C32H45N5O. The van der Waals surface area contributed by atoms with Gasteiger partial charge in [0.15, 0.2) is 0 Å². The number of benzene rings is 2. The number of rotatable bonds is 11. The molecule has 2 aliphatic rings. The smallest absolute Gasteiger partial charge is 0.251 e. The highest BCUT2D eigenvalue weighted by molar-refractivity contribution is 5.96. The van der Waals surface area contributed by atoms with E-state index in [9.17, 15) is 4.79 Å². The van der Waals surface area contributed by atoms with Gasteiger partial charge in [-0.3, -0.25) is 4.79 Å². The van der Waals surface area contributed by atoms with Gasteiger partial charge in [-0.15, -0.1) is 0 Å². The number of aryl methyl sites for hydroxylation is 1. The molecule has 0 bridgehead atoms. The first kappa shape index (κ1) is 27.6. The van der Waals surface area contributed by atoms with Crippen molar-refractivity contribution in [2.24, 2.45) is 5.92 Å². The van der Waals surface area contributed by atoms with E-state index < -0.39 is 0 Å². The van der Waals surface area contributed by atoms with E-state index in [1.165, 1.54) is 23.4 Å². The van der Waals surface area contributed by atoms with Crippen LogP contribution in [0.25, 0.3) is 0 Å². The fraction of sp³-hybridized carbons (Fsp3) is 0.469. The van der Waals surface area contributed by atoms with Crippen LogP contribution in [0.5, 0.6) is 0 Å². The minimum Gasteiger partial charge on any atom is -0.375 e. The monoisotopic (exact) mass is 515 g/mol. The Morgan fingerprint density at radius 2 is 1.71 bits per heavy atom. The van der Waals surface area contributed by atoms with Crippen molar-refractivity contribution in [1.29, 1.82) is 0 Å². The van der Waals surface area contributed by atoms with Gasteiger partial charge in [-0.05, 0) is 68.4 Å². The summed E-state index contributed by atoms with van der Waals surface area (Å²) < 4.78 is 0. The number of hydrogen-bond donors (Lipinski definition) is 2. The molecule has 38 heavy (non-hydrogen) atoms. The van der Waals surface area contributed by atoms with Gasteiger partial charge in [0.05, 0.1) is 11.4 Å². The normalized spacial score (nSPS) is 15.8. The zero-order valence-electron chi connectivity index (χ0n) is 23.6. The highest BCUT2D eigenvalue weighted by atomic mass is 16.1. The third kappa shape index (κ3) is 7.12. The van der Waals surface area contributed by atoms with Gasteiger partial charge in [0.1, 0.15) is 0 Å². The summed E-state index contributed by atoms with van der Waals surface area (Å²) in [7, 11) is 0. The molecule has 4 rings (SSSR count). The SMILES string of the molecule is C=C(CC(C)C)Nc1cc(C(=O)NCCCN2CCCC2=C)ccc1N1CCN(c2ccccc2C)CC1. The number of amides is 1. The Hall–Kier alpha value is -3.41. The second kappa shape index (κ2) is 12.9. The first-order valence-electron chi connectivity index (χ1n) is 14.2. The fourth-order valence-electron chi connectivity index (χ4n) is 5.53. The number of hydrogen-bond acceptors (Lipinski definition) is 5. The van der Waals surface area contributed by atoms with Gasteiger partial charge >= 0.3 is 0 Å². The predicted octanol–water partition coefficient (Wildman–Crippen LogP) is 6.02. The number of nitrogens with one attached hydrogen (secondary N) is 2. The van der Waals surface area contributed by atoms with Gasteiger partial charge in [-0.2, -0.15) is 0 Å². The fourth-order valence-corrected chi connectivity index (χ4v) is 5.53. The number of anilines is 3. The number of para-hydroxylation sites is 1. The summed E-state index contributed by atoms with van der Waals surface area (Å²) in [4.78, 5) is 20.3. The molecule has 0 unspecified atom stereocenters. The second-order valence-electron chi connectivity index (χ2n) is 11.1. The lowest BCUT2D eigenvalue weighted by Crippen LogP contribution is -2.47. The molecule has 2 saturated heterocycles. The van der Waals surface area contributed by atoms with Gasteiger partial charge in [-0.1, -0.05) is 45.2 Å². The molecule has 0 aliphatic carbocycles. The molecule has 6 heteroatoms. The quantitative estimate of drug-likeness (QED) is 0.358. The van der Waals surface area contributed by atoms with Gasteiger partial charge in [0.2, 0.25) is 0 Å². The van der Waals surface area contributed by atoms with E-state index in [1.807, 2.05) is 12.1 Å². The lowest BCUT2D eigenvalue weighted by Gasteiger charge is -2.39. The van der Waals surface area contributed by atoms with Crippen LogP contribution < -0.4 is 20.4 Å². The van der Waals surface area contributed by atoms with Crippen LogP contribution in [0.4, 0.5) is 17.1 Å². The van der Waals surface area contributed by atoms with Crippen molar-refractivity contribution < 1.29 is 4.79 Å². The van der Waals surface area contributed by atoms with Crippen molar-refractivity contribution in [1.82, 2.24) is 10.2 Å². The predicted molar refractivity (Wildman–Crippen MR) is 161 cm³/mol.